The highest BCUT2D eigenvalue weighted by Gasteiger charge is 2.06. The van der Waals surface area contributed by atoms with Crippen molar-refractivity contribution < 1.29 is 4.79 Å². The summed E-state index contributed by atoms with van der Waals surface area (Å²) < 4.78 is 0. The van der Waals surface area contributed by atoms with Gasteiger partial charge in [0.05, 0.1) is 0 Å². The van der Waals surface area contributed by atoms with Gasteiger partial charge >= 0.3 is 5.91 Å². The first-order valence-electron chi connectivity index (χ1n) is 2.79. The number of carbonyl (C=O) groups is 1. The second-order valence-electron chi connectivity index (χ2n) is 1.72. The van der Waals surface area contributed by atoms with E-state index in [0.717, 1.165) is 0 Å². The summed E-state index contributed by atoms with van der Waals surface area (Å²) in [5.41, 5.74) is 0. The first-order chi connectivity index (χ1) is 4.22. The lowest BCUT2D eigenvalue weighted by atomic mass is 10.5. The molecule has 0 unspecified atom stereocenters. The fourth-order valence-electron chi connectivity index (χ4n) is 0.365. The fraction of sp³-hybridized carbons (Fsp3) is 0.667. The third-order valence-electron chi connectivity index (χ3n) is 1.11. The zero-order valence-corrected chi connectivity index (χ0v) is 5.72. The van der Waals surface area contributed by atoms with E-state index in [-0.39, 0.29) is 12.5 Å². The van der Waals surface area contributed by atoms with Crippen molar-refractivity contribution in [2.45, 2.75) is 6.92 Å². The lowest BCUT2D eigenvalue weighted by molar-refractivity contribution is -0.127. The van der Waals surface area contributed by atoms with Crippen molar-refractivity contribution in [3.63, 3.8) is 0 Å². The molecule has 0 saturated carbocycles. The molecule has 0 spiro atoms. The standard InChI is InChI=1S/C6H10N2O/c1-4-8(3)6(9)5-7-2/h4-5H2,1,3H3. The van der Waals surface area contributed by atoms with Crippen LogP contribution in [0.2, 0.25) is 0 Å². The number of rotatable bonds is 2. The molecule has 0 aromatic heterocycles. The number of likely N-dealkylation sites (N-methyl/N-ethyl adjacent to an activating group) is 1. The molecule has 0 atom stereocenters. The Balaban J connectivity index is 3.62. The Kier molecular flexibility index (Phi) is 3.45. The molecule has 50 valence electrons. The Morgan fingerprint density at radius 2 is 2.33 bits per heavy atom. The maximum atomic E-state index is 10.7. The Hall–Kier alpha value is -1.04. The minimum Gasteiger partial charge on any atom is -0.340 e. The lowest BCUT2D eigenvalue weighted by Gasteiger charge is -2.08. The first kappa shape index (κ1) is 7.96. The van der Waals surface area contributed by atoms with Crippen LogP contribution in [-0.4, -0.2) is 30.9 Å². The largest absolute Gasteiger partial charge is 0.340 e. The van der Waals surface area contributed by atoms with Gasteiger partial charge in [0.25, 0.3) is 6.54 Å². The van der Waals surface area contributed by atoms with Crippen LogP contribution in [0.15, 0.2) is 0 Å². The predicted molar refractivity (Wildman–Crippen MR) is 34.8 cm³/mol. The first-order valence-corrected chi connectivity index (χ1v) is 2.79. The highest BCUT2D eigenvalue weighted by atomic mass is 16.2. The van der Waals surface area contributed by atoms with Crippen LogP contribution in [0.3, 0.4) is 0 Å². The van der Waals surface area contributed by atoms with Crippen LogP contribution in [0, 0.1) is 6.57 Å². The molecule has 0 heterocycles. The van der Waals surface area contributed by atoms with E-state index in [1.165, 1.54) is 4.90 Å². The molecule has 3 nitrogen and oxygen atoms in total. The van der Waals surface area contributed by atoms with Crippen LogP contribution in [-0.2, 0) is 4.79 Å². The summed E-state index contributed by atoms with van der Waals surface area (Å²) in [6.45, 7) is 8.91. The topological polar surface area (TPSA) is 24.7 Å². The third-order valence-corrected chi connectivity index (χ3v) is 1.11. The zero-order chi connectivity index (χ0) is 7.28. The van der Waals surface area contributed by atoms with Gasteiger partial charge < -0.3 is 9.74 Å². The van der Waals surface area contributed by atoms with E-state index < -0.39 is 0 Å². The molecule has 0 aliphatic rings. The number of amides is 1. The van der Waals surface area contributed by atoms with Crippen molar-refractivity contribution >= 4 is 5.91 Å². The molecule has 9 heavy (non-hydrogen) atoms. The van der Waals surface area contributed by atoms with Crippen LogP contribution in [0.4, 0.5) is 0 Å². The number of hydrogen-bond acceptors (Lipinski definition) is 1. The summed E-state index contributed by atoms with van der Waals surface area (Å²) >= 11 is 0. The van der Waals surface area contributed by atoms with E-state index in [2.05, 4.69) is 4.85 Å². The molecule has 0 saturated heterocycles. The van der Waals surface area contributed by atoms with Gasteiger partial charge in [0.1, 0.15) is 0 Å². The summed E-state index contributed by atoms with van der Waals surface area (Å²) in [4.78, 5) is 15.2. The van der Waals surface area contributed by atoms with Gasteiger partial charge in [-0.25, -0.2) is 6.57 Å². The molecule has 0 bridgehead atoms. The zero-order valence-electron chi connectivity index (χ0n) is 5.72. The summed E-state index contributed by atoms with van der Waals surface area (Å²) in [6.07, 6.45) is 0. The lowest BCUT2D eigenvalue weighted by Crippen LogP contribution is -2.27. The van der Waals surface area contributed by atoms with Gasteiger partial charge in [-0.3, -0.25) is 4.79 Å². The third kappa shape index (κ3) is 2.70. The number of carbonyl (C=O) groups excluding carboxylic acids is 1. The summed E-state index contributed by atoms with van der Waals surface area (Å²) in [6, 6.07) is 0. The molecule has 3 heteroatoms. The van der Waals surface area contributed by atoms with Crippen LogP contribution in [0.1, 0.15) is 6.92 Å². The van der Waals surface area contributed by atoms with Crippen LogP contribution < -0.4 is 0 Å². The van der Waals surface area contributed by atoms with Gasteiger partial charge in [-0.15, -0.1) is 0 Å². The van der Waals surface area contributed by atoms with E-state index in [1.807, 2.05) is 6.92 Å². The number of nitrogens with zero attached hydrogens (tertiary/aromatic N) is 2. The van der Waals surface area contributed by atoms with Crippen molar-refractivity contribution in [1.82, 2.24) is 4.90 Å². The SMILES string of the molecule is [C-]#[N+]CC(=O)N(C)CC. The van der Waals surface area contributed by atoms with E-state index in [1.54, 1.807) is 7.05 Å². The van der Waals surface area contributed by atoms with Gasteiger partial charge in [0.2, 0.25) is 0 Å². The Morgan fingerprint density at radius 1 is 1.78 bits per heavy atom. The maximum Gasteiger partial charge on any atom is 0.302 e. The van der Waals surface area contributed by atoms with Gasteiger partial charge in [0, 0.05) is 13.6 Å². The molecule has 0 aliphatic heterocycles. The van der Waals surface area contributed by atoms with E-state index >= 15 is 0 Å². The molecule has 0 fully saturated rings. The second kappa shape index (κ2) is 3.90. The Morgan fingerprint density at radius 3 is 2.67 bits per heavy atom. The smallest absolute Gasteiger partial charge is 0.302 e. The monoisotopic (exact) mass is 126 g/mol. The van der Waals surface area contributed by atoms with Crippen LogP contribution in [0.25, 0.3) is 4.85 Å². The maximum absolute atomic E-state index is 10.7. The van der Waals surface area contributed by atoms with Gasteiger partial charge in [-0.05, 0) is 6.92 Å². The fourth-order valence-corrected chi connectivity index (χ4v) is 0.365. The molecule has 0 aromatic carbocycles. The Bertz CT molecular complexity index is 136. The van der Waals surface area contributed by atoms with Crippen molar-refractivity contribution in [3.05, 3.63) is 11.4 Å². The predicted octanol–water partition coefficient (Wildman–Crippen LogP) is 0.384. The van der Waals surface area contributed by atoms with Gasteiger partial charge in [-0.1, -0.05) is 0 Å². The summed E-state index contributed by atoms with van der Waals surface area (Å²) in [5, 5.41) is 0. The number of hydrogen-bond donors (Lipinski definition) is 0. The summed E-state index contributed by atoms with van der Waals surface area (Å²) in [7, 11) is 1.69. The van der Waals surface area contributed by atoms with Crippen LogP contribution >= 0.6 is 0 Å². The van der Waals surface area contributed by atoms with Crippen molar-refractivity contribution in [1.29, 1.82) is 0 Å². The molecule has 0 radical (unpaired) electrons. The average molecular weight is 126 g/mol. The van der Waals surface area contributed by atoms with Crippen molar-refractivity contribution in [2.75, 3.05) is 20.1 Å². The van der Waals surface area contributed by atoms with E-state index in [4.69, 9.17) is 6.57 Å². The van der Waals surface area contributed by atoms with Gasteiger partial charge in [-0.2, -0.15) is 0 Å². The molecule has 0 rings (SSSR count). The highest BCUT2D eigenvalue weighted by molar-refractivity contribution is 5.79. The van der Waals surface area contributed by atoms with E-state index in [0.29, 0.717) is 6.54 Å². The molecule has 0 aromatic rings. The molecule has 0 N–H and O–H groups in total. The van der Waals surface area contributed by atoms with Crippen molar-refractivity contribution in [3.8, 4) is 0 Å². The minimum atomic E-state index is -0.104. The van der Waals surface area contributed by atoms with Crippen LogP contribution in [0.5, 0.6) is 0 Å². The minimum absolute atomic E-state index is 0.0235. The average Bonchev–Trinajstić information content (AvgIpc) is 1.87. The Labute approximate surface area is 55.1 Å². The van der Waals surface area contributed by atoms with E-state index in [9.17, 15) is 4.79 Å². The molecular formula is C6H10N2O. The molecule has 0 aliphatic carbocycles. The second-order valence-corrected chi connectivity index (χ2v) is 1.72. The normalized spacial score (nSPS) is 8.11. The molecule has 1 amide bonds. The molecular weight excluding hydrogens is 116 g/mol. The van der Waals surface area contributed by atoms with Crippen molar-refractivity contribution in [2.24, 2.45) is 0 Å². The highest BCUT2D eigenvalue weighted by Crippen LogP contribution is 1.82. The van der Waals surface area contributed by atoms with Gasteiger partial charge in [0.15, 0.2) is 0 Å². The quantitative estimate of drug-likeness (QED) is 0.491. The summed E-state index contributed by atoms with van der Waals surface area (Å²) in [5.74, 6) is -0.104.